The number of ether oxygens (including phenoxy) is 1. The Balaban J connectivity index is 2.12. The lowest BCUT2D eigenvalue weighted by atomic mass is 10.2. The van der Waals surface area contributed by atoms with Crippen LogP contribution in [0.15, 0.2) is 17.2 Å². The van der Waals surface area contributed by atoms with Gasteiger partial charge < -0.3 is 15.0 Å². The van der Waals surface area contributed by atoms with Gasteiger partial charge in [-0.15, -0.1) is 0 Å². The number of aromatic nitrogens is 1. The summed E-state index contributed by atoms with van der Waals surface area (Å²) in [6.45, 7) is 4.10. The van der Waals surface area contributed by atoms with Crippen LogP contribution in [-0.2, 0) is 21.3 Å². The van der Waals surface area contributed by atoms with Gasteiger partial charge in [0.05, 0.1) is 11.0 Å². The van der Waals surface area contributed by atoms with Crippen molar-refractivity contribution in [3.05, 3.63) is 18.0 Å². The number of H-pyrrole nitrogens is 1. The van der Waals surface area contributed by atoms with Gasteiger partial charge in [0.1, 0.15) is 0 Å². The Morgan fingerprint density at radius 1 is 1.55 bits per heavy atom. The number of nitrogens with zero attached hydrogens (tertiary/aromatic N) is 1. The normalized spacial score (nSPS) is 19.9. The van der Waals surface area contributed by atoms with Gasteiger partial charge in [0, 0.05) is 38.1 Å². The predicted octanol–water partition coefficient (Wildman–Crippen LogP) is 0.924. The third kappa shape index (κ3) is 3.41. The molecule has 0 aliphatic carbocycles. The second kappa shape index (κ2) is 6.71. The highest BCUT2D eigenvalue weighted by molar-refractivity contribution is 7.89. The topological polar surface area (TPSA) is 74.4 Å². The third-order valence-corrected chi connectivity index (χ3v) is 5.42. The van der Waals surface area contributed by atoms with Crippen LogP contribution in [0.4, 0.5) is 0 Å². The zero-order valence-electron chi connectivity index (χ0n) is 12.1. The monoisotopic (exact) mass is 301 g/mol. The van der Waals surface area contributed by atoms with Gasteiger partial charge in [0.15, 0.2) is 0 Å². The second-order valence-electron chi connectivity index (χ2n) is 4.98. The molecule has 114 valence electrons. The van der Waals surface area contributed by atoms with Gasteiger partial charge in [-0.3, -0.25) is 0 Å². The van der Waals surface area contributed by atoms with Crippen molar-refractivity contribution in [1.29, 1.82) is 0 Å². The summed E-state index contributed by atoms with van der Waals surface area (Å²) < 4.78 is 32.2. The molecule has 6 nitrogen and oxygen atoms in total. The van der Waals surface area contributed by atoms with Gasteiger partial charge in [-0.05, 0) is 26.0 Å². The molecule has 1 aliphatic rings. The fraction of sp³-hybridized carbons (Fsp3) is 0.692. The van der Waals surface area contributed by atoms with E-state index in [0.29, 0.717) is 24.5 Å². The minimum Gasteiger partial charge on any atom is -0.377 e. The summed E-state index contributed by atoms with van der Waals surface area (Å²) in [5.41, 5.74) is 0.860. The van der Waals surface area contributed by atoms with Crippen LogP contribution in [0, 0.1) is 0 Å². The van der Waals surface area contributed by atoms with Gasteiger partial charge in [-0.1, -0.05) is 6.92 Å². The molecular weight excluding hydrogens is 278 g/mol. The number of hydrogen-bond acceptors (Lipinski definition) is 4. The summed E-state index contributed by atoms with van der Waals surface area (Å²) in [6, 6.07) is 1.68. The smallest absolute Gasteiger partial charge is 0.244 e. The van der Waals surface area contributed by atoms with Crippen LogP contribution >= 0.6 is 0 Å². The number of nitrogens with one attached hydrogen (secondary N) is 2. The zero-order valence-corrected chi connectivity index (χ0v) is 12.9. The van der Waals surface area contributed by atoms with Crippen molar-refractivity contribution >= 4 is 10.0 Å². The molecular formula is C13H23N3O3S. The van der Waals surface area contributed by atoms with Crippen LogP contribution in [0.2, 0.25) is 0 Å². The van der Waals surface area contributed by atoms with Crippen LogP contribution < -0.4 is 5.32 Å². The summed E-state index contributed by atoms with van der Waals surface area (Å²) in [7, 11) is -1.62. The van der Waals surface area contributed by atoms with Crippen LogP contribution in [-0.4, -0.2) is 50.6 Å². The molecule has 1 unspecified atom stereocenters. The maximum Gasteiger partial charge on any atom is 0.244 e. The Morgan fingerprint density at radius 3 is 2.95 bits per heavy atom. The highest BCUT2D eigenvalue weighted by Gasteiger charge is 2.28. The Hall–Kier alpha value is -0.890. The van der Waals surface area contributed by atoms with Gasteiger partial charge in [0.2, 0.25) is 10.0 Å². The van der Waals surface area contributed by atoms with E-state index in [1.807, 2.05) is 14.0 Å². The van der Waals surface area contributed by atoms with E-state index in [2.05, 4.69) is 10.3 Å². The van der Waals surface area contributed by atoms with E-state index in [4.69, 9.17) is 4.74 Å². The molecule has 0 saturated carbocycles. The fourth-order valence-corrected chi connectivity index (χ4v) is 3.92. The number of rotatable bonds is 7. The lowest BCUT2D eigenvalue weighted by molar-refractivity contribution is 0.0947. The highest BCUT2D eigenvalue weighted by atomic mass is 32.2. The molecule has 2 rings (SSSR count). The number of sulfonamides is 1. The van der Waals surface area contributed by atoms with E-state index < -0.39 is 10.0 Å². The standard InChI is InChI=1S/C13H23N3O3S/c1-3-16(10-12-5-4-6-19-12)20(17,18)13-7-11(8-14-2)15-9-13/h7,9,12,14-15H,3-6,8,10H2,1-2H3. The molecule has 1 saturated heterocycles. The van der Waals surface area contributed by atoms with E-state index >= 15 is 0 Å². The van der Waals surface area contributed by atoms with E-state index in [9.17, 15) is 8.42 Å². The minimum absolute atomic E-state index is 0.0282. The second-order valence-corrected chi connectivity index (χ2v) is 6.92. The Kier molecular flexibility index (Phi) is 5.20. The summed E-state index contributed by atoms with van der Waals surface area (Å²) >= 11 is 0. The van der Waals surface area contributed by atoms with Crippen molar-refractivity contribution in [1.82, 2.24) is 14.6 Å². The average molecular weight is 301 g/mol. The molecule has 7 heteroatoms. The lowest BCUT2D eigenvalue weighted by Crippen LogP contribution is -2.37. The van der Waals surface area contributed by atoms with E-state index in [-0.39, 0.29) is 6.10 Å². The number of likely N-dealkylation sites (N-methyl/N-ethyl adjacent to an activating group) is 1. The van der Waals surface area contributed by atoms with Crippen molar-refractivity contribution in [2.24, 2.45) is 0 Å². The van der Waals surface area contributed by atoms with Crippen LogP contribution in [0.3, 0.4) is 0 Å². The average Bonchev–Trinajstić information content (AvgIpc) is 3.07. The quantitative estimate of drug-likeness (QED) is 0.785. The molecule has 2 heterocycles. The van der Waals surface area contributed by atoms with Crippen LogP contribution in [0.5, 0.6) is 0 Å². The summed E-state index contributed by atoms with van der Waals surface area (Å²) in [5.74, 6) is 0. The van der Waals surface area contributed by atoms with Crippen LogP contribution in [0.1, 0.15) is 25.5 Å². The highest BCUT2D eigenvalue weighted by Crippen LogP contribution is 2.20. The van der Waals surface area contributed by atoms with Crippen molar-refractivity contribution in [2.75, 3.05) is 26.7 Å². The first kappa shape index (κ1) is 15.5. The van der Waals surface area contributed by atoms with E-state index in [1.165, 1.54) is 4.31 Å². The maximum absolute atomic E-state index is 12.6. The Morgan fingerprint density at radius 2 is 2.35 bits per heavy atom. The van der Waals surface area contributed by atoms with Crippen LogP contribution in [0.25, 0.3) is 0 Å². The molecule has 1 fully saturated rings. The summed E-state index contributed by atoms with van der Waals surface area (Å²) in [4.78, 5) is 3.31. The van der Waals surface area contributed by atoms with Crippen molar-refractivity contribution < 1.29 is 13.2 Å². The van der Waals surface area contributed by atoms with E-state index in [0.717, 1.165) is 25.1 Å². The van der Waals surface area contributed by atoms with Crippen molar-refractivity contribution in [3.8, 4) is 0 Å². The summed E-state index contributed by atoms with van der Waals surface area (Å²) in [5, 5.41) is 2.99. The number of hydrogen-bond donors (Lipinski definition) is 2. The number of aromatic amines is 1. The van der Waals surface area contributed by atoms with Gasteiger partial charge in [0.25, 0.3) is 0 Å². The minimum atomic E-state index is -3.44. The molecule has 0 radical (unpaired) electrons. The van der Waals surface area contributed by atoms with Gasteiger partial charge in [-0.25, -0.2) is 8.42 Å². The Bertz CT molecular complexity index is 521. The largest absolute Gasteiger partial charge is 0.377 e. The molecule has 2 N–H and O–H groups in total. The Labute approximate surface area is 120 Å². The molecule has 1 aromatic heterocycles. The first-order valence-electron chi connectivity index (χ1n) is 7.01. The maximum atomic E-state index is 12.6. The van der Waals surface area contributed by atoms with E-state index in [1.54, 1.807) is 12.3 Å². The first-order chi connectivity index (χ1) is 9.57. The lowest BCUT2D eigenvalue weighted by Gasteiger charge is -2.22. The molecule has 0 spiro atoms. The zero-order chi connectivity index (χ0) is 14.6. The molecule has 1 atom stereocenters. The molecule has 0 bridgehead atoms. The molecule has 1 aliphatic heterocycles. The molecule has 20 heavy (non-hydrogen) atoms. The first-order valence-corrected chi connectivity index (χ1v) is 8.45. The third-order valence-electron chi connectivity index (χ3n) is 3.51. The SMILES string of the molecule is CCN(CC1CCCO1)S(=O)(=O)c1c[nH]c(CNC)c1. The predicted molar refractivity (Wildman–Crippen MR) is 77.0 cm³/mol. The van der Waals surface area contributed by atoms with Crippen molar-refractivity contribution in [2.45, 2.75) is 37.3 Å². The fourth-order valence-electron chi connectivity index (χ4n) is 2.42. The molecule has 1 aromatic rings. The van der Waals surface area contributed by atoms with Gasteiger partial charge >= 0.3 is 0 Å². The molecule has 0 aromatic carbocycles. The molecule has 0 amide bonds. The summed E-state index contributed by atoms with van der Waals surface area (Å²) in [6.07, 6.45) is 3.53. The van der Waals surface area contributed by atoms with Gasteiger partial charge in [-0.2, -0.15) is 4.31 Å². The van der Waals surface area contributed by atoms with Crippen molar-refractivity contribution in [3.63, 3.8) is 0 Å².